The smallest absolute Gasteiger partial charge is 0.0857 e. The zero-order valence-electron chi connectivity index (χ0n) is 37.4. The molecule has 3 fully saturated rings. The maximum Gasteiger partial charge on any atom is 0.0857 e. The summed E-state index contributed by atoms with van der Waals surface area (Å²) in [5, 5.41) is 0. The van der Waals surface area contributed by atoms with Crippen LogP contribution in [0.3, 0.4) is 0 Å². The zero-order valence-corrected chi connectivity index (χ0v) is 37.4. The third-order valence-electron chi connectivity index (χ3n) is 8.69. The summed E-state index contributed by atoms with van der Waals surface area (Å²) in [6.45, 7) is 35.4. The molecule has 0 aromatic rings. The molecule has 342 valence electrons. The van der Waals surface area contributed by atoms with Gasteiger partial charge in [0, 0.05) is 0 Å². The SMILES string of the molecule is CC(C)(C)C1COCCOCCOCCO1.CC(C)(C)C1COCCOCCOCCOCCO1.CC(C)(C)C1COCCOCCOCCOCCOCCO1. The fourth-order valence-electron chi connectivity index (χ4n) is 4.94. The summed E-state index contributed by atoms with van der Waals surface area (Å²) in [6.07, 6.45) is 0.211. The molecular formula is C42H84O15. The van der Waals surface area contributed by atoms with Crippen LogP contribution in [0.2, 0.25) is 0 Å². The van der Waals surface area contributed by atoms with E-state index in [1.165, 1.54) is 0 Å². The lowest BCUT2D eigenvalue weighted by Gasteiger charge is -2.30. The number of rotatable bonds is 0. The molecule has 3 rings (SSSR count). The summed E-state index contributed by atoms with van der Waals surface area (Å²) in [5.74, 6) is 0. The highest BCUT2D eigenvalue weighted by molar-refractivity contribution is 4.76. The molecule has 0 radical (unpaired) electrons. The Morgan fingerprint density at radius 2 is 0.351 bits per heavy atom. The molecule has 57 heavy (non-hydrogen) atoms. The van der Waals surface area contributed by atoms with Crippen molar-refractivity contribution in [3.8, 4) is 0 Å². The molecule has 3 atom stereocenters. The van der Waals surface area contributed by atoms with E-state index >= 15 is 0 Å². The first-order valence-corrected chi connectivity index (χ1v) is 21.1. The Bertz CT molecular complexity index is 816. The van der Waals surface area contributed by atoms with Crippen molar-refractivity contribution in [2.24, 2.45) is 16.2 Å². The van der Waals surface area contributed by atoms with Crippen molar-refractivity contribution in [3.63, 3.8) is 0 Å². The highest BCUT2D eigenvalue weighted by Gasteiger charge is 2.27. The van der Waals surface area contributed by atoms with Gasteiger partial charge >= 0.3 is 0 Å². The van der Waals surface area contributed by atoms with Gasteiger partial charge in [0.05, 0.1) is 197 Å². The molecule has 15 heteroatoms. The molecule has 0 saturated carbocycles. The minimum absolute atomic E-state index is 0.0264. The van der Waals surface area contributed by atoms with E-state index in [0.717, 1.165) is 0 Å². The van der Waals surface area contributed by atoms with E-state index in [4.69, 9.17) is 71.1 Å². The van der Waals surface area contributed by atoms with E-state index in [2.05, 4.69) is 62.3 Å². The van der Waals surface area contributed by atoms with Crippen LogP contribution in [0.1, 0.15) is 62.3 Å². The van der Waals surface area contributed by atoms with Gasteiger partial charge in [-0.2, -0.15) is 0 Å². The van der Waals surface area contributed by atoms with E-state index in [0.29, 0.717) is 178 Å². The Balaban J connectivity index is 0.000000433. The van der Waals surface area contributed by atoms with Gasteiger partial charge in [0.1, 0.15) is 0 Å². The summed E-state index contributed by atoms with van der Waals surface area (Å²) < 4.78 is 83.0. The van der Waals surface area contributed by atoms with Gasteiger partial charge in [0.15, 0.2) is 0 Å². The molecular weight excluding hydrogens is 744 g/mol. The highest BCUT2D eigenvalue weighted by atomic mass is 16.6. The second-order valence-electron chi connectivity index (χ2n) is 16.9. The molecule has 0 aliphatic carbocycles. The fraction of sp³-hybridized carbons (Fsp3) is 1.00. The van der Waals surface area contributed by atoms with Crippen molar-refractivity contribution in [2.75, 3.05) is 178 Å². The molecule has 0 spiro atoms. The minimum Gasteiger partial charge on any atom is -0.377 e. The first-order chi connectivity index (χ1) is 27.3. The standard InChI is InChI=1S/C16H32O6.C14H28O5.C12H24O4/c1-16(2,3)15-14-21-11-10-19-7-6-17-4-5-18-8-9-20-12-13-22-15;1-14(2,3)13-12-18-9-8-16-5-4-15-6-7-17-10-11-19-13;1-12(2,3)11-10-15-7-6-13-4-5-14-8-9-16-11/h15H,4-14H2,1-3H3;13H,4-12H2,1-3H3;11H,4-10H2,1-3H3. The first kappa shape index (κ1) is 54.4. The number of ether oxygens (including phenoxy) is 15. The molecule has 0 aromatic carbocycles. The van der Waals surface area contributed by atoms with Crippen molar-refractivity contribution >= 4 is 0 Å². The molecule has 0 bridgehead atoms. The molecule has 15 nitrogen and oxygen atoms in total. The Labute approximate surface area is 345 Å². The molecule has 0 aromatic heterocycles. The van der Waals surface area contributed by atoms with Crippen LogP contribution >= 0.6 is 0 Å². The van der Waals surface area contributed by atoms with Crippen molar-refractivity contribution in [1.29, 1.82) is 0 Å². The van der Waals surface area contributed by atoms with E-state index in [-0.39, 0.29) is 34.6 Å². The predicted molar refractivity (Wildman–Crippen MR) is 217 cm³/mol. The summed E-state index contributed by atoms with van der Waals surface area (Å²) >= 11 is 0. The van der Waals surface area contributed by atoms with Crippen molar-refractivity contribution in [1.82, 2.24) is 0 Å². The number of hydrogen-bond donors (Lipinski definition) is 0. The van der Waals surface area contributed by atoms with Gasteiger partial charge in [-0.3, -0.25) is 0 Å². The monoisotopic (exact) mass is 829 g/mol. The number of hydrogen-bond acceptors (Lipinski definition) is 15. The third kappa shape index (κ3) is 33.8. The minimum atomic E-state index is 0.0264. The Morgan fingerprint density at radius 1 is 0.211 bits per heavy atom. The van der Waals surface area contributed by atoms with Gasteiger partial charge < -0.3 is 71.1 Å². The average Bonchev–Trinajstić information content (AvgIpc) is 3.14. The average molecular weight is 829 g/mol. The van der Waals surface area contributed by atoms with Crippen LogP contribution in [-0.2, 0) is 71.1 Å². The summed E-state index contributed by atoms with van der Waals surface area (Å²) in [7, 11) is 0. The van der Waals surface area contributed by atoms with Gasteiger partial charge in [0.2, 0.25) is 0 Å². The van der Waals surface area contributed by atoms with Crippen LogP contribution in [0.25, 0.3) is 0 Å². The molecule has 0 N–H and O–H groups in total. The lowest BCUT2D eigenvalue weighted by Crippen LogP contribution is -2.35. The van der Waals surface area contributed by atoms with Gasteiger partial charge in [0.25, 0.3) is 0 Å². The van der Waals surface area contributed by atoms with Crippen molar-refractivity contribution < 1.29 is 71.1 Å². The second-order valence-corrected chi connectivity index (χ2v) is 16.9. The first-order valence-electron chi connectivity index (χ1n) is 21.1. The van der Waals surface area contributed by atoms with Crippen LogP contribution < -0.4 is 0 Å². The summed E-state index contributed by atoms with van der Waals surface area (Å²) in [6, 6.07) is 0. The summed E-state index contributed by atoms with van der Waals surface area (Å²) in [4.78, 5) is 0. The third-order valence-corrected chi connectivity index (χ3v) is 8.69. The van der Waals surface area contributed by atoms with Crippen LogP contribution in [0, 0.1) is 16.2 Å². The van der Waals surface area contributed by atoms with Crippen LogP contribution in [0.5, 0.6) is 0 Å². The quantitative estimate of drug-likeness (QED) is 0.339. The van der Waals surface area contributed by atoms with Crippen LogP contribution in [-0.4, -0.2) is 197 Å². The van der Waals surface area contributed by atoms with E-state index in [9.17, 15) is 0 Å². The van der Waals surface area contributed by atoms with Crippen molar-refractivity contribution in [3.05, 3.63) is 0 Å². The topological polar surface area (TPSA) is 138 Å². The predicted octanol–water partition coefficient (Wildman–Crippen LogP) is 4.49. The summed E-state index contributed by atoms with van der Waals surface area (Å²) in [5.41, 5.74) is 0.168. The molecule has 3 unspecified atom stereocenters. The van der Waals surface area contributed by atoms with Gasteiger partial charge in [-0.25, -0.2) is 0 Å². The van der Waals surface area contributed by atoms with Gasteiger partial charge in [-0.1, -0.05) is 62.3 Å². The molecule has 3 saturated heterocycles. The largest absolute Gasteiger partial charge is 0.377 e. The Hall–Kier alpha value is -0.600. The lowest BCUT2D eigenvalue weighted by atomic mass is 9.89. The van der Waals surface area contributed by atoms with E-state index < -0.39 is 0 Å². The second kappa shape index (κ2) is 35.0. The highest BCUT2D eigenvalue weighted by Crippen LogP contribution is 2.24. The van der Waals surface area contributed by atoms with Crippen LogP contribution in [0.4, 0.5) is 0 Å². The zero-order chi connectivity index (χ0) is 41.9. The van der Waals surface area contributed by atoms with Crippen LogP contribution in [0.15, 0.2) is 0 Å². The molecule has 0 amide bonds. The maximum atomic E-state index is 5.90. The Morgan fingerprint density at radius 3 is 0.509 bits per heavy atom. The molecule has 3 heterocycles. The van der Waals surface area contributed by atoms with E-state index in [1.807, 2.05) is 0 Å². The fourth-order valence-corrected chi connectivity index (χ4v) is 4.94. The Kier molecular flexibility index (Phi) is 33.5. The molecule has 3 aliphatic rings. The van der Waals surface area contributed by atoms with Crippen molar-refractivity contribution in [2.45, 2.75) is 80.6 Å². The lowest BCUT2D eigenvalue weighted by molar-refractivity contribution is -0.0995. The normalized spacial score (nSPS) is 26.4. The van der Waals surface area contributed by atoms with E-state index in [1.54, 1.807) is 0 Å². The molecule has 3 aliphatic heterocycles. The van der Waals surface area contributed by atoms with Gasteiger partial charge in [-0.05, 0) is 16.2 Å². The van der Waals surface area contributed by atoms with Gasteiger partial charge in [-0.15, -0.1) is 0 Å². The maximum absolute atomic E-state index is 5.90.